The van der Waals surface area contributed by atoms with Gasteiger partial charge in [-0.1, -0.05) is 41.9 Å². The lowest BCUT2D eigenvalue weighted by molar-refractivity contribution is -0.000386. The van der Waals surface area contributed by atoms with E-state index in [9.17, 15) is 18.0 Å². The van der Waals surface area contributed by atoms with Gasteiger partial charge in [0.05, 0.1) is 31.3 Å². The lowest BCUT2D eigenvalue weighted by atomic mass is 9.85. The molecule has 0 saturated heterocycles. The van der Waals surface area contributed by atoms with E-state index >= 15 is 8.78 Å². The van der Waals surface area contributed by atoms with Crippen molar-refractivity contribution >= 4 is 44.7 Å². The molecule has 5 rings (SSSR count). The number of hydrogen-bond donors (Lipinski definition) is 2. The van der Waals surface area contributed by atoms with Crippen molar-refractivity contribution in [1.82, 2.24) is 10.0 Å². The molecule has 0 atom stereocenters. The number of Topliss-reactive ketones (excluding diaryl/α,β-unsaturated/α-hetero) is 1. The van der Waals surface area contributed by atoms with Crippen LogP contribution in [0.2, 0.25) is 5.02 Å². The summed E-state index contributed by atoms with van der Waals surface area (Å²) >= 11 is 5.89. The lowest BCUT2D eigenvalue weighted by Gasteiger charge is -2.24. The molecule has 0 radical (unpaired) electrons. The number of carbonyl (C=O) groups is 2. The van der Waals surface area contributed by atoms with E-state index in [0.29, 0.717) is 46.9 Å². The Morgan fingerprint density at radius 2 is 1.78 bits per heavy atom. The molecule has 1 aliphatic heterocycles. The number of hydrogen-bond acceptors (Lipinski definition) is 7. The number of rotatable bonds is 10. The number of ether oxygens (including phenoxy) is 2. The van der Waals surface area contributed by atoms with E-state index in [4.69, 9.17) is 21.1 Å². The number of aryl methyl sites for hydroxylation is 1. The summed E-state index contributed by atoms with van der Waals surface area (Å²) in [5.74, 6) is -2.97. The number of allylic oxidation sites excluding steroid dienone is 1. The number of carbonyl (C=O) groups excluding carboxylic acids is 2. The second-order valence-corrected chi connectivity index (χ2v) is 12.3. The number of alkyl halides is 2. The highest BCUT2D eigenvalue weighted by Crippen LogP contribution is 2.45. The Morgan fingerprint density at radius 1 is 1.04 bits per heavy atom. The van der Waals surface area contributed by atoms with Gasteiger partial charge in [0.1, 0.15) is 10.6 Å². The van der Waals surface area contributed by atoms with Crippen molar-refractivity contribution < 1.29 is 36.3 Å². The van der Waals surface area contributed by atoms with Crippen LogP contribution in [-0.4, -0.2) is 46.5 Å². The minimum Gasteiger partial charge on any atom is -0.493 e. The summed E-state index contributed by atoms with van der Waals surface area (Å²) in [6, 6.07) is 13.5. The van der Waals surface area contributed by atoms with Gasteiger partial charge in [-0.2, -0.15) is 8.78 Å². The zero-order chi connectivity index (χ0) is 32.5. The summed E-state index contributed by atoms with van der Waals surface area (Å²) in [5, 5.41) is 1.81. The van der Waals surface area contributed by atoms with Gasteiger partial charge in [-0.15, -0.1) is 0 Å². The predicted octanol–water partition coefficient (Wildman–Crippen LogP) is 6.18. The highest BCUT2D eigenvalue weighted by atomic mass is 35.5. The summed E-state index contributed by atoms with van der Waals surface area (Å²) in [4.78, 5) is 27.2. The molecule has 0 saturated carbocycles. The standard InChI is InChI=1S/C32H30ClF2N3O6S/c1-4-43-26-11-8-9-21-28(26)22-16-38(17-23(22)30(29(21)39)44-5-2)25-14-13-20(15-19(25)3)32(34,35)18-36-31(40)37-45(41,42)27-12-7-6-10-24(27)33/h6-16H,4-5,17-18H2,1-3H3,(H2,36,37,40). The molecule has 3 aromatic rings. The van der Waals surface area contributed by atoms with Gasteiger partial charge in [0.15, 0.2) is 5.76 Å². The van der Waals surface area contributed by atoms with Gasteiger partial charge < -0.3 is 19.7 Å². The van der Waals surface area contributed by atoms with E-state index in [0.717, 1.165) is 5.57 Å². The molecule has 13 heteroatoms. The Hall–Kier alpha value is -4.42. The Balaban J connectivity index is 1.36. The first-order valence-corrected chi connectivity index (χ1v) is 15.9. The molecule has 2 N–H and O–H groups in total. The Labute approximate surface area is 264 Å². The van der Waals surface area contributed by atoms with Gasteiger partial charge in [0, 0.05) is 39.7 Å². The number of sulfonamides is 1. The van der Waals surface area contributed by atoms with E-state index in [2.05, 4.69) is 0 Å². The summed E-state index contributed by atoms with van der Waals surface area (Å²) in [7, 11) is -4.38. The largest absolute Gasteiger partial charge is 0.493 e. The van der Waals surface area contributed by atoms with Crippen molar-refractivity contribution in [1.29, 1.82) is 0 Å². The number of anilines is 1. The molecule has 0 fully saturated rings. The third-order valence-corrected chi connectivity index (χ3v) is 9.13. The Kier molecular flexibility index (Phi) is 8.90. The first-order valence-electron chi connectivity index (χ1n) is 14.1. The number of nitrogens with zero attached hydrogens (tertiary/aromatic N) is 1. The smallest absolute Gasteiger partial charge is 0.328 e. The molecular weight excluding hydrogens is 628 g/mol. The number of nitrogens with one attached hydrogen (secondary N) is 2. The number of halogens is 3. The van der Waals surface area contributed by atoms with E-state index < -0.39 is 28.5 Å². The second-order valence-electron chi connectivity index (χ2n) is 10.3. The van der Waals surface area contributed by atoms with Crippen LogP contribution in [0.15, 0.2) is 83.1 Å². The first-order chi connectivity index (χ1) is 21.4. The second kappa shape index (κ2) is 12.5. The molecule has 9 nitrogen and oxygen atoms in total. The maximum atomic E-state index is 15.2. The molecule has 0 aromatic heterocycles. The topological polar surface area (TPSA) is 114 Å². The van der Waals surface area contributed by atoms with Gasteiger partial charge in [-0.3, -0.25) is 4.79 Å². The molecule has 1 aliphatic carbocycles. The van der Waals surface area contributed by atoms with Crippen molar-refractivity contribution in [2.24, 2.45) is 0 Å². The molecule has 0 unspecified atom stereocenters. The SMILES string of the molecule is CCOC1=C2CN(c3ccc(C(F)(F)CNC(=O)NS(=O)(=O)c4ccccc4Cl)cc3C)C=C2c2c(OCC)cccc2C1=O. The predicted molar refractivity (Wildman–Crippen MR) is 166 cm³/mol. The number of ketones is 1. The van der Waals surface area contributed by atoms with Crippen LogP contribution in [0.3, 0.4) is 0 Å². The minimum atomic E-state index is -4.38. The third-order valence-electron chi connectivity index (χ3n) is 7.30. The number of benzene rings is 3. The molecule has 45 heavy (non-hydrogen) atoms. The molecule has 2 aliphatic rings. The average molecular weight is 658 g/mol. The fourth-order valence-corrected chi connectivity index (χ4v) is 6.75. The summed E-state index contributed by atoms with van der Waals surface area (Å²) in [6.45, 7) is 5.13. The van der Waals surface area contributed by atoms with Crippen molar-refractivity contribution in [2.75, 3.05) is 31.2 Å². The number of urea groups is 1. The van der Waals surface area contributed by atoms with Gasteiger partial charge in [0.25, 0.3) is 15.9 Å². The molecule has 236 valence electrons. The fraction of sp³-hybridized carbons (Fsp3) is 0.250. The Bertz CT molecular complexity index is 1860. The molecule has 0 bridgehead atoms. The average Bonchev–Trinajstić information content (AvgIpc) is 3.43. The van der Waals surface area contributed by atoms with Crippen molar-refractivity contribution in [3.8, 4) is 5.75 Å². The van der Waals surface area contributed by atoms with Crippen molar-refractivity contribution in [2.45, 2.75) is 31.6 Å². The number of amides is 2. The zero-order valence-electron chi connectivity index (χ0n) is 24.6. The molecule has 3 aromatic carbocycles. The maximum absolute atomic E-state index is 15.2. The Morgan fingerprint density at radius 3 is 2.47 bits per heavy atom. The van der Waals surface area contributed by atoms with Crippen LogP contribution in [0.1, 0.15) is 40.9 Å². The summed E-state index contributed by atoms with van der Waals surface area (Å²) < 4.78 is 68.7. The summed E-state index contributed by atoms with van der Waals surface area (Å²) in [6.07, 6.45) is 1.85. The lowest BCUT2D eigenvalue weighted by Crippen LogP contribution is -2.43. The van der Waals surface area contributed by atoms with E-state index in [1.54, 1.807) is 36.8 Å². The zero-order valence-corrected chi connectivity index (χ0v) is 26.2. The van der Waals surface area contributed by atoms with Gasteiger partial charge >= 0.3 is 6.03 Å². The van der Waals surface area contributed by atoms with Gasteiger partial charge in [0.2, 0.25) is 5.78 Å². The normalized spacial score (nSPS) is 14.5. The van der Waals surface area contributed by atoms with Crippen LogP contribution < -0.4 is 19.7 Å². The number of fused-ring (bicyclic) bond motifs is 3. The molecule has 0 spiro atoms. The van der Waals surface area contributed by atoms with Gasteiger partial charge in [-0.05, 0) is 56.7 Å². The van der Waals surface area contributed by atoms with Crippen molar-refractivity contribution in [3.05, 3.63) is 105 Å². The van der Waals surface area contributed by atoms with E-state index in [1.807, 2.05) is 23.3 Å². The monoisotopic (exact) mass is 657 g/mol. The van der Waals surface area contributed by atoms with Crippen LogP contribution in [0.25, 0.3) is 5.57 Å². The van der Waals surface area contributed by atoms with E-state index in [-0.39, 0.29) is 33.6 Å². The third kappa shape index (κ3) is 6.25. The van der Waals surface area contributed by atoms with Crippen LogP contribution in [-0.2, 0) is 20.7 Å². The quantitative estimate of drug-likeness (QED) is 0.268. The minimum absolute atomic E-state index is 0.123. The maximum Gasteiger partial charge on any atom is 0.328 e. The highest BCUT2D eigenvalue weighted by molar-refractivity contribution is 7.90. The van der Waals surface area contributed by atoms with E-state index in [1.165, 1.54) is 42.5 Å². The first kappa shape index (κ1) is 32.0. The highest BCUT2D eigenvalue weighted by Gasteiger charge is 2.38. The van der Waals surface area contributed by atoms with Crippen molar-refractivity contribution in [3.63, 3.8) is 0 Å². The molecule has 1 heterocycles. The summed E-state index contributed by atoms with van der Waals surface area (Å²) in [5.41, 5.74) is 3.31. The molecular formula is C32H30ClF2N3O6S. The van der Waals surface area contributed by atoms with Gasteiger partial charge in [-0.25, -0.2) is 17.9 Å². The van der Waals surface area contributed by atoms with Crippen LogP contribution in [0.5, 0.6) is 5.75 Å². The molecule has 2 amide bonds. The van der Waals surface area contributed by atoms with Crippen LogP contribution >= 0.6 is 11.6 Å². The van der Waals surface area contributed by atoms with Crippen LogP contribution in [0, 0.1) is 6.92 Å². The van der Waals surface area contributed by atoms with Crippen LogP contribution in [0.4, 0.5) is 19.3 Å². The fourth-order valence-electron chi connectivity index (χ4n) is 5.30.